The van der Waals surface area contributed by atoms with Gasteiger partial charge in [0.15, 0.2) is 0 Å². The van der Waals surface area contributed by atoms with E-state index in [2.05, 4.69) is 10.3 Å². The lowest BCUT2D eigenvalue weighted by Gasteiger charge is -2.16. The van der Waals surface area contributed by atoms with E-state index in [4.69, 9.17) is 4.74 Å². The molecule has 1 heterocycles. The van der Waals surface area contributed by atoms with Gasteiger partial charge in [0.25, 0.3) is 0 Å². The summed E-state index contributed by atoms with van der Waals surface area (Å²) in [5, 5.41) is 3.25. The summed E-state index contributed by atoms with van der Waals surface area (Å²) in [5.74, 6) is 0.186. The van der Waals surface area contributed by atoms with Crippen molar-refractivity contribution in [1.82, 2.24) is 4.98 Å². The number of nitrogens with zero attached hydrogens (tertiary/aromatic N) is 1. The number of rotatable bonds is 5. The Bertz CT molecular complexity index is 570. The van der Waals surface area contributed by atoms with E-state index in [0.29, 0.717) is 18.0 Å². The number of carbonyl (C=O) groups is 1. The molecule has 0 unspecified atom stereocenters. The van der Waals surface area contributed by atoms with Crippen molar-refractivity contribution in [3.8, 4) is 0 Å². The van der Waals surface area contributed by atoms with E-state index in [0.717, 1.165) is 5.56 Å². The van der Waals surface area contributed by atoms with Crippen LogP contribution in [0, 0.1) is 0 Å². The summed E-state index contributed by atoms with van der Waals surface area (Å²) >= 11 is 0. The molecule has 4 nitrogen and oxygen atoms in total. The highest BCUT2D eigenvalue weighted by Gasteiger charge is 2.15. The molecule has 0 aliphatic heterocycles. The summed E-state index contributed by atoms with van der Waals surface area (Å²) in [5.41, 5.74) is 1.59. The van der Waals surface area contributed by atoms with Gasteiger partial charge in [-0.15, -0.1) is 0 Å². The first-order chi connectivity index (χ1) is 9.72. The van der Waals surface area contributed by atoms with Gasteiger partial charge in [-0.05, 0) is 31.5 Å². The predicted molar refractivity (Wildman–Crippen MR) is 78.7 cm³/mol. The monoisotopic (exact) mass is 270 g/mol. The highest BCUT2D eigenvalue weighted by atomic mass is 16.5. The molecule has 2 rings (SSSR count). The van der Waals surface area contributed by atoms with E-state index in [1.807, 2.05) is 37.3 Å². The first-order valence-corrected chi connectivity index (χ1v) is 6.66. The van der Waals surface area contributed by atoms with Crippen LogP contribution < -0.4 is 5.32 Å². The first-order valence-electron chi connectivity index (χ1n) is 6.66. The Morgan fingerprint density at radius 1 is 1.25 bits per heavy atom. The third-order valence-corrected chi connectivity index (χ3v) is 2.96. The molecule has 20 heavy (non-hydrogen) atoms. The number of benzene rings is 1. The van der Waals surface area contributed by atoms with Crippen molar-refractivity contribution in [3.05, 3.63) is 59.8 Å². The van der Waals surface area contributed by atoms with E-state index in [-0.39, 0.29) is 12.0 Å². The number of anilines is 1. The van der Waals surface area contributed by atoms with Crippen molar-refractivity contribution in [3.63, 3.8) is 0 Å². The highest BCUT2D eigenvalue weighted by Crippen LogP contribution is 2.20. The molecule has 0 aliphatic rings. The maximum Gasteiger partial charge on any atom is 0.341 e. The Morgan fingerprint density at radius 2 is 2.00 bits per heavy atom. The second-order valence-electron chi connectivity index (χ2n) is 4.40. The van der Waals surface area contributed by atoms with E-state index < -0.39 is 0 Å². The number of carbonyl (C=O) groups excluding carboxylic acids is 1. The van der Waals surface area contributed by atoms with Gasteiger partial charge in [0.2, 0.25) is 0 Å². The van der Waals surface area contributed by atoms with Crippen LogP contribution in [0.15, 0.2) is 48.7 Å². The van der Waals surface area contributed by atoms with E-state index in [9.17, 15) is 4.79 Å². The maximum atomic E-state index is 11.9. The molecule has 0 fully saturated rings. The third-order valence-electron chi connectivity index (χ3n) is 2.96. The van der Waals surface area contributed by atoms with Gasteiger partial charge in [0.05, 0.1) is 6.61 Å². The normalized spacial score (nSPS) is 11.7. The molecule has 1 atom stereocenters. The van der Waals surface area contributed by atoms with Crippen LogP contribution in [-0.4, -0.2) is 17.6 Å². The van der Waals surface area contributed by atoms with Gasteiger partial charge in [0.1, 0.15) is 11.4 Å². The van der Waals surface area contributed by atoms with E-state index in [1.54, 1.807) is 25.3 Å². The summed E-state index contributed by atoms with van der Waals surface area (Å²) in [4.78, 5) is 16.1. The maximum absolute atomic E-state index is 11.9. The zero-order chi connectivity index (χ0) is 14.4. The molecule has 4 heteroatoms. The van der Waals surface area contributed by atoms with Crippen LogP contribution in [0.4, 0.5) is 5.82 Å². The van der Waals surface area contributed by atoms with Crippen LogP contribution in [-0.2, 0) is 4.74 Å². The van der Waals surface area contributed by atoms with Gasteiger partial charge in [0, 0.05) is 12.2 Å². The van der Waals surface area contributed by atoms with Gasteiger partial charge >= 0.3 is 5.97 Å². The molecule has 1 aromatic carbocycles. The van der Waals surface area contributed by atoms with Crippen molar-refractivity contribution >= 4 is 11.8 Å². The van der Waals surface area contributed by atoms with E-state index in [1.165, 1.54) is 0 Å². The molecule has 0 bridgehead atoms. The minimum absolute atomic E-state index is 0.0549. The van der Waals surface area contributed by atoms with Crippen LogP contribution in [0.1, 0.15) is 35.8 Å². The second-order valence-corrected chi connectivity index (χ2v) is 4.40. The number of esters is 1. The van der Waals surface area contributed by atoms with E-state index >= 15 is 0 Å². The molecule has 0 saturated carbocycles. The summed E-state index contributed by atoms with van der Waals surface area (Å²) < 4.78 is 5.04. The molecule has 1 aromatic heterocycles. The number of pyridine rings is 1. The van der Waals surface area contributed by atoms with Gasteiger partial charge in [-0.25, -0.2) is 9.78 Å². The van der Waals surface area contributed by atoms with Crippen molar-refractivity contribution in [2.75, 3.05) is 11.9 Å². The fraction of sp³-hybridized carbons (Fsp3) is 0.250. The Morgan fingerprint density at radius 3 is 2.70 bits per heavy atom. The first kappa shape index (κ1) is 14.1. The number of aromatic nitrogens is 1. The third kappa shape index (κ3) is 3.35. The minimum atomic E-state index is -0.358. The number of hydrogen-bond donors (Lipinski definition) is 1. The van der Waals surface area contributed by atoms with Crippen molar-refractivity contribution in [2.45, 2.75) is 19.9 Å². The molecular formula is C16H18N2O2. The standard InChI is InChI=1S/C16H18N2O2/c1-3-20-16(19)14-10-7-11-17-15(14)18-12(2)13-8-5-4-6-9-13/h4-12H,3H2,1-2H3,(H,17,18)/t12-/m1/s1. The summed E-state index contributed by atoms with van der Waals surface area (Å²) in [6.45, 7) is 4.16. The second kappa shape index (κ2) is 6.70. The lowest BCUT2D eigenvalue weighted by Crippen LogP contribution is -2.13. The number of nitrogens with one attached hydrogen (secondary N) is 1. The smallest absolute Gasteiger partial charge is 0.341 e. The molecule has 0 saturated heterocycles. The van der Waals surface area contributed by atoms with Crippen molar-refractivity contribution < 1.29 is 9.53 Å². The summed E-state index contributed by atoms with van der Waals surface area (Å²) in [6, 6.07) is 13.5. The summed E-state index contributed by atoms with van der Waals surface area (Å²) in [7, 11) is 0. The molecular weight excluding hydrogens is 252 g/mol. The minimum Gasteiger partial charge on any atom is -0.462 e. The van der Waals surface area contributed by atoms with Gasteiger partial charge in [-0.2, -0.15) is 0 Å². The fourth-order valence-corrected chi connectivity index (χ4v) is 1.92. The average molecular weight is 270 g/mol. The van der Waals surface area contributed by atoms with Crippen molar-refractivity contribution in [1.29, 1.82) is 0 Å². The molecule has 2 aromatic rings. The van der Waals surface area contributed by atoms with Crippen LogP contribution in [0.25, 0.3) is 0 Å². The average Bonchev–Trinajstić information content (AvgIpc) is 2.49. The SMILES string of the molecule is CCOC(=O)c1cccnc1N[C@H](C)c1ccccc1. The molecule has 0 radical (unpaired) electrons. The molecule has 104 valence electrons. The number of hydrogen-bond acceptors (Lipinski definition) is 4. The zero-order valence-electron chi connectivity index (χ0n) is 11.7. The fourth-order valence-electron chi connectivity index (χ4n) is 1.92. The van der Waals surface area contributed by atoms with Crippen LogP contribution in [0.5, 0.6) is 0 Å². The number of ether oxygens (including phenoxy) is 1. The van der Waals surface area contributed by atoms with Gasteiger partial charge in [-0.1, -0.05) is 30.3 Å². The molecule has 0 aliphatic carbocycles. The van der Waals surface area contributed by atoms with Crippen LogP contribution in [0.3, 0.4) is 0 Å². The largest absolute Gasteiger partial charge is 0.462 e. The summed E-state index contributed by atoms with van der Waals surface area (Å²) in [6.07, 6.45) is 1.66. The van der Waals surface area contributed by atoms with Gasteiger partial charge < -0.3 is 10.1 Å². The lowest BCUT2D eigenvalue weighted by molar-refractivity contribution is 0.0527. The Kier molecular flexibility index (Phi) is 4.71. The Hall–Kier alpha value is -2.36. The Labute approximate surface area is 118 Å². The Balaban J connectivity index is 2.19. The molecule has 1 N–H and O–H groups in total. The van der Waals surface area contributed by atoms with Crippen LogP contribution >= 0.6 is 0 Å². The predicted octanol–water partition coefficient (Wildman–Crippen LogP) is 3.43. The lowest BCUT2D eigenvalue weighted by atomic mass is 10.1. The van der Waals surface area contributed by atoms with Crippen LogP contribution in [0.2, 0.25) is 0 Å². The molecule has 0 spiro atoms. The highest BCUT2D eigenvalue weighted by molar-refractivity contribution is 5.94. The van der Waals surface area contributed by atoms with Gasteiger partial charge in [-0.3, -0.25) is 0 Å². The van der Waals surface area contributed by atoms with Crippen molar-refractivity contribution in [2.24, 2.45) is 0 Å². The quantitative estimate of drug-likeness (QED) is 0.846. The zero-order valence-corrected chi connectivity index (χ0v) is 11.7. The topological polar surface area (TPSA) is 51.2 Å². The molecule has 0 amide bonds.